The number of carbonyl (C=O) groups excluding carboxylic acids is 1. The molecule has 0 aliphatic carbocycles. The molecule has 84 valence electrons. The highest BCUT2D eigenvalue weighted by Gasteiger charge is 2.09. The minimum atomic E-state index is -0.163. The van der Waals surface area contributed by atoms with E-state index in [1.54, 1.807) is 19.3 Å². The normalized spacial score (nSPS) is 12.4. The van der Waals surface area contributed by atoms with Gasteiger partial charge in [-0.15, -0.1) is 0 Å². The Labute approximate surface area is 89.4 Å². The molecule has 0 fully saturated rings. The standard InChI is InChI=1S/C11H17NO3/c1-2-14-11(13)7-3-5-9(12)10-6-4-8-15-10/h4,6,8-9H,2-3,5,7,12H2,1H3. The molecular weight excluding hydrogens is 194 g/mol. The molecule has 15 heavy (non-hydrogen) atoms. The third kappa shape index (κ3) is 4.16. The predicted octanol–water partition coefficient (Wildman–Crippen LogP) is 2.01. The van der Waals surface area contributed by atoms with E-state index < -0.39 is 0 Å². The summed E-state index contributed by atoms with van der Waals surface area (Å²) in [5.74, 6) is 0.600. The lowest BCUT2D eigenvalue weighted by Gasteiger charge is -2.07. The first-order valence-electron chi connectivity index (χ1n) is 5.18. The van der Waals surface area contributed by atoms with Gasteiger partial charge in [-0.3, -0.25) is 4.79 Å². The Morgan fingerprint density at radius 2 is 2.47 bits per heavy atom. The molecule has 4 nitrogen and oxygen atoms in total. The lowest BCUT2D eigenvalue weighted by atomic mass is 10.1. The van der Waals surface area contributed by atoms with Gasteiger partial charge in [0.1, 0.15) is 5.76 Å². The largest absolute Gasteiger partial charge is 0.468 e. The SMILES string of the molecule is CCOC(=O)CCCC(N)c1ccco1. The second-order valence-electron chi connectivity index (χ2n) is 3.32. The van der Waals surface area contributed by atoms with Crippen LogP contribution in [0.15, 0.2) is 22.8 Å². The summed E-state index contributed by atoms with van der Waals surface area (Å²) in [6, 6.07) is 3.52. The summed E-state index contributed by atoms with van der Waals surface area (Å²) in [7, 11) is 0. The van der Waals surface area contributed by atoms with Gasteiger partial charge in [0.25, 0.3) is 0 Å². The Morgan fingerprint density at radius 1 is 1.67 bits per heavy atom. The van der Waals surface area contributed by atoms with Crippen LogP contribution in [0.5, 0.6) is 0 Å². The van der Waals surface area contributed by atoms with Crippen LogP contribution in [0.4, 0.5) is 0 Å². The zero-order chi connectivity index (χ0) is 11.1. The van der Waals surface area contributed by atoms with Gasteiger partial charge in [0.2, 0.25) is 0 Å². The van der Waals surface area contributed by atoms with E-state index in [1.807, 2.05) is 6.07 Å². The van der Waals surface area contributed by atoms with Gasteiger partial charge in [-0.1, -0.05) is 0 Å². The molecule has 1 heterocycles. The molecule has 0 saturated heterocycles. The van der Waals surface area contributed by atoms with Crippen molar-refractivity contribution in [1.29, 1.82) is 0 Å². The van der Waals surface area contributed by atoms with Crippen LogP contribution in [0.2, 0.25) is 0 Å². The van der Waals surface area contributed by atoms with Gasteiger partial charge in [0.15, 0.2) is 0 Å². The van der Waals surface area contributed by atoms with Crippen molar-refractivity contribution in [3.8, 4) is 0 Å². The maximum absolute atomic E-state index is 11.0. The molecule has 0 saturated carbocycles. The summed E-state index contributed by atoms with van der Waals surface area (Å²) in [5.41, 5.74) is 5.85. The number of rotatable bonds is 6. The number of esters is 1. The van der Waals surface area contributed by atoms with E-state index in [2.05, 4.69) is 0 Å². The Bertz CT molecular complexity index is 282. The highest BCUT2D eigenvalue weighted by atomic mass is 16.5. The average Bonchev–Trinajstić information content (AvgIpc) is 2.70. The van der Waals surface area contributed by atoms with Crippen molar-refractivity contribution >= 4 is 5.97 Å². The van der Waals surface area contributed by atoms with Gasteiger partial charge in [-0.25, -0.2) is 0 Å². The molecule has 2 N–H and O–H groups in total. The molecule has 1 unspecified atom stereocenters. The van der Waals surface area contributed by atoms with Gasteiger partial charge < -0.3 is 14.9 Å². The van der Waals surface area contributed by atoms with Crippen LogP contribution in [-0.4, -0.2) is 12.6 Å². The molecule has 1 aromatic rings. The van der Waals surface area contributed by atoms with E-state index >= 15 is 0 Å². The number of hydrogen-bond donors (Lipinski definition) is 1. The summed E-state index contributed by atoms with van der Waals surface area (Å²) >= 11 is 0. The molecule has 0 aliphatic rings. The van der Waals surface area contributed by atoms with Crippen molar-refractivity contribution in [3.05, 3.63) is 24.2 Å². The number of carbonyl (C=O) groups is 1. The number of hydrogen-bond acceptors (Lipinski definition) is 4. The van der Waals surface area contributed by atoms with Crippen LogP contribution in [-0.2, 0) is 9.53 Å². The molecule has 1 atom stereocenters. The molecule has 0 amide bonds. The molecule has 0 bridgehead atoms. The summed E-state index contributed by atoms with van der Waals surface area (Å²) in [6.45, 7) is 2.23. The lowest BCUT2D eigenvalue weighted by Crippen LogP contribution is -2.10. The van der Waals surface area contributed by atoms with E-state index in [0.717, 1.165) is 18.6 Å². The van der Waals surface area contributed by atoms with Crippen molar-refractivity contribution < 1.29 is 13.9 Å². The predicted molar refractivity (Wildman–Crippen MR) is 56.1 cm³/mol. The highest BCUT2D eigenvalue weighted by molar-refractivity contribution is 5.69. The summed E-state index contributed by atoms with van der Waals surface area (Å²) in [6.07, 6.45) is 3.47. The quantitative estimate of drug-likeness (QED) is 0.731. The van der Waals surface area contributed by atoms with Gasteiger partial charge in [0.05, 0.1) is 18.9 Å². The smallest absolute Gasteiger partial charge is 0.305 e. The van der Waals surface area contributed by atoms with Crippen molar-refractivity contribution in [2.24, 2.45) is 5.73 Å². The van der Waals surface area contributed by atoms with E-state index in [9.17, 15) is 4.79 Å². The fourth-order valence-electron chi connectivity index (χ4n) is 1.34. The zero-order valence-corrected chi connectivity index (χ0v) is 8.94. The number of ether oxygens (including phenoxy) is 1. The molecule has 0 spiro atoms. The first-order valence-corrected chi connectivity index (χ1v) is 5.18. The maximum Gasteiger partial charge on any atom is 0.305 e. The average molecular weight is 211 g/mol. The van der Waals surface area contributed by atoms with Gasteiger partial charge in [0, 0.05) is 6.42 Å². The first-order chi connectivity index (χ1) is 7.24. The zero-order valence-electron chi connectivity index (χ0n) is 8.94. The molecule has 0 aliphatic heterocycles. The number of furan rings is 1. The van der Waals surface area contributed by atoms with Crippen LogP contribution >= 0.6 is 0 Å². The summed E-state index contributed by atoms with van der Waals surface area (Å²) < 4.78 is 9.97. The lowest BCUT2D eigenvalue weighted by molar-refractivity contribution is -0.143. The third-order valence-electron chi connectivity index (χ3n) is 2.11. The van der Waals surface area contributed by atoms with Crippen molar-refractivity contribution in [1.82, 2.24) is 0 Å². The molecular formula is C11H17NO3. The van der Waals surface area contributed by atoms with Gasteiger partial charge >= 0.3 is 5.97 Å². The molecule has 0 radical (unpaired) electrons. The van der Waals surface area contributed by atoms with E-state index in [1.165, 1.54) is 0 Å². The van der Waals surface area contributed by atoms with Crippen LogP contribution in [0.3, 0.4) is 0 Å². The highest BCUT2D eigenvalue weighted by Crippen LogP contribution is 2.16. The van der Waals surface area contributed by atoms with Crippen LogP contribution in [0.25, 0.3) is 0 Å². The third-order valence-corrected chi connectivity index (χ3v) is 2.11. The summed E-state index contributed by atoms with van der Waals surface area (Å²) in [4.78, 5) is 11.0. The molecule has 4 heteroatoms. The minimum Gasteiger partial charge on any atom is -0.468 e. The fraction of sp³-hybridized carbons (Fsp3) is 0.545. The van der Waals surface area contributed by atoms with E-state index in [0.29, 0.717) is 13.0 Å². The maximum atomic E-state index is 11.0. The van der Waals surface area contributed by atoms with E-state index in [-0.39, 0.29) is 12.0 Å². The molecule has 0 aromatic carbocycles. The van der Waals surface area contributed by atoms with Gasteiger partial charge in [-0.05, 0) is 31.9 Å². The molecule has 1 rings (SSSR count). The number of nitrogens with two attached hydrogens (primary N) is 1. The van der Waals surface area contributed by atoms with Crippen molar-refractivity contribution in [2.45, 2.75) is 32.2 Å². The second-order valence-corrected chi connectivity index (χ2v) is 3.32. The topological polar surface area (TPSA) is 65.5 Å². The minimum absolute atomic E-state index is 0.130. The molecule has 1 aromatic heterocycles. The van der Waals surface area contributed by atoms with Crippen molar-refractivity contribution in [3.63, 3.8) is 0 Å². The Kier molecular flexibility index (Phi) is 4.90. The van der Waals surface area contributed by atoms with Gasteiger partial charge in [-0.2, -0.15) is 0 Å². The Balaban J connectivity index is 2.18. The van der Waals surface area contributed by atoms with Crippen LogP contribution < -0.4 is 5.73 Å². The van der Waals surface area contributed by atoms with Crippen LogP contribution in [0.1, 0.15) is 38.0 Å². The van der Waals surface area contributed by atoms with Crippen LogP contribution in [0, 0.1) is 0 Å². The summed E-state index contributed by atoms with van der Waals surface area (Å²) in [5, 5.41) is 0. The van der Waals surface area contributed by atoms with Crippen molar-refractivity contribution in [2.75, 3.05) is 6.61 Å². The second kappa shape index (κ2) is 6.24. The van der Waals surface area contributed by atoms with E-state index in [4.69, 9.17) is 14.9 Å². The Morgan fingerprint density at radius 3 is 3.07 bits per heavy atom. The first kappa shape index (κ1) is 11.8. The Hall–Kier alpha value is -1.29. The monoisotopic (exact) mass is 211 g/mol. The fourth-order valence-corrected chi connectivity index (χ4v) is 1.34.